The van der Waals surface area contributed by atoms with E-state index in [0.717, 1.165) is 0 Å². The minimum atomic E-state index is -0.562. The summed E-state index contributed by atoms with van der Waals surface area (Å²) >= 11 is 0. The van der Waals surface area contributed by atoms with Crippen LogP contribution in [0.4, 0.5) is 0 Å². The predicted octanol–water partition coefficient (Wildman–Crippen LogP) is 2.02. The Hall–Kier alpha value is 1.44. The summed E-state index contributed by atoms with van der Waals surface area (Å²) in [6, 6.07) is 0. The fraction of sp³-hybridized carbons (Fsp3) is 1.00. The van der Waals surface area contributed by atoms with Gasteiger partial charge in [0.15, 0.2) is 17.4 Å². The molecule has 118 valence electrons. The molecular weight excluding hydrogens is 330 g/mol. The molecule has 0 saturated heterocycles. The molecule has 0 unspecified atom stereocenters. The third-order valence-corrected chi connectivity index (χ3v) is 9.00. The average molecular weight is 369 g/mol. The van der Waals surface area contributed by atoms with Crippen LogP contribution >= 0.6 is 7.26 Å². The van der Waals surface area contributed by atoms with Crippen molar-refractivity contribution in [3.05, 3.63) is 0 Å². The van der Waals surface area contributed by atoms with Gasteiger partial charge in [-0.25, -0.2) is 0 Å². The Morgan fingerprint density at radius 3 is 0.895 bits per heavy atom. The monoisotopic (exact) mass is 368 g/mol. The molecule has 0 bridgehead atoms. The molecule has 0 aliphatic heterocycles. The molecule has 19 heavy (non-hydrogen) atoms. The Balaban J connectivity index is -0.00000128. The molecule has 0 radical (unpaired) electrons. The lowest BCUT2D eigenvalue weighted by Gasteiger charge is -2.28. The van der Waals surface area contributed by atoms with Gasteiger partial charge in [-0.2, -0.15) is 0 Å². The molecule has 0 N–H and O–H groups in total. The minimum Gasteiger partial charge on any atom is -1.00 e. The van der Waals surface area contributed by atoms with Crippen LogP contribution in [0.2, 0.25) is 0 Å². The average Bonchev–Trinajstić information content (AvgIpc) is 2.37. The first-order valence-electron chi connectivity index (χ1n) is 8.09. The van der Waals surface area contributed by atoms with Gasteiger partial charge >= 0.3 is 0 Å². The summed E-state index contributed by atoms with van der Waals surface area (Å²) in [5.74, 6) is 0. The van der Waals surface area contributed by atoms with Gasteiger partial charge in [-0.15, -0.1) is 0 Å². The van der Waals surface area contributed by atoms with Crippen molar-refractivity contribution in [2.45, 2.75) is 79.1 Å². The van der Waals surface area contributed by atoms with Gasteiger partial charge in [0.1, 0.15) is 0 Å². The van der Waals surface area contributed by atoms with Crippen molar-refractivity contribution in [3.63, 3.8) is 0 Å². The van der Waals surface area contributed by atoms with E-state index >= 15 is 0 Å². The second-order valence-electron chi connectivity index (χ2n) is 5.65. The van der Waals surface area contributed by atoms with E-state index in [0.29, 0.717) is 0 Å². The van der Waals surface area contributed by atoms with Crippen LogP contribution in [0, 0.1) is 0 Å². The molecule has 0 amide bonds. The maximum absolute atomic E-state index is 2.36. The SMILES string of the molecule is CCCC[P+](CCCC)(CCCC)CCCC.[AlH3].[Br-]. The van der Waals surface area contributed by atoms with Crippen LogP contribution in [0.15, 0.2) is 0 Å². The van der Waals surface area contributed by atoms with Crippen LogP contribution in [0.1, 0.15) is 79.1 Å². The Morgan fingerprint density at radius 2 is 0.737 bits per heavy atom. The van der Waals surface area contributed by atoms with Crippen molar-refractivity contribution < 1.29 is 17.0 Å². The van der Waals surface area contributed by atoms with E-state index in [1.165, 1.54) is 51.4 Å². The summed E-state index contributed by atoms with van der Waals surface area (Å²) in [7, 11) is -0.562. The quantitative estimate of drug-likeness (QED) is 0.365. The summed E-state index contributed by atoms with van der Waals surface area (Å²) in [4.78, 5) is 0. The van der Waals surface area contributed by atoms with Crippen molar-refractivity contribution in [2.75, 3.05) is 24.6 Å². The Bertz CT molecular complexity index is 127. The molecule has 0 spiro atoms. The zero-order chi connectivity index (χ0) is 13.0. The van der Waals surface area contributed by atoms with Crippen LogP contribution in [-0.4, -0.2) is 42.0 Å². The first kappa shape index (κ1) is 25.4. The fourth-order valence-electron chi connectivity index (χ4n) is 2.64. The third-order valence-electron chi connectivity index (χ3n) is 3.94. The van der Waals surface area contributed by atoms with Crippen LogP contribution in [0.5, 0.6) is 0 Å². The van der Waals surface area contributed by atoms with Crippen molar-refractivity contribution >= 4 is 24.6 Å². The van der Waals surface area contributed by atoms with Gasteiger partial charge in [0, 0.05) is 7.26 Å². The van der Waals surface area contributed by atoms with Gasteiger partial charge in [0.05, 0.1) is 24.6 Å². The highest BCUT2D eigenvalue weighted by Crippen LogP contribution is 2.61. The molecule has 0 nitrogen and oxygen atoms in total. The van der Waals surface area contributed by atoms with E-state index < -0.39 is 7.26 Å². The normalized spacial score (nSPS) is 10.7. The lowest BCUT2D eigenvalue weighted by Crippen LogP contribution is -3.00. The molecule has 0 fully saturated rings. The van der Waals surface area contributed by atoms with Gasteiger partial charge in [-0.05, 0) is 25.7 Å². The second-order valence-corrected chi connectivity index (χ2v) is 10.1. The number of unbranched alkanes of at least 4 members (excludes halogenated alkanes) is 4. The molecule has 0 aromatic heterocycles. The minimum absolute atomic E-state index is 0. The Labute approximate surface area is 145 Å². The summed E-state index contributed by atoms with van der Waals surface area (Å²) < 4.78 is 0. The molecule has 0 aromatic rings. The zero-order valence-electron chi connectivity index (χ0n) is 13.3. The number of hydrogen-bond donors (Lipinski definition) is 0. The van der Waals surface area contributed by atoms with Crippen LogP contribution in [0.3, 0.4) is 0 Å². The molecule has 0 atom stereocenters. The van der Waals surface area contributed by atoms with E-state index in [-0.39, 0.29) is 34.3 Å². The number of rotatable bonds is 12. The topological polar surface area (TPSA) is 0 Å². The van der Waals surface area contributed by atoms with Gasteiger partial charge in [0.2, 0.25) is 0 Å². The van der Waals surface area contributed by atoms with Gasteiger partial charge < -0.3 is 17.0 Å². The molecular formula is C16H39AlBrP. The molecule has 3 heteroatoms. The predicted molar refractivity (Wildman–Crippen MR) is 96.0 cm³/mol. The summed E-state index contributed by atoms with van der Waals surface area (Å²) in [6.45, 7) is 9.42. The second kappa shape index (κ2) is 17.5. The molecule has 0 aliphatic rings. The Morgan fingerprint density at radius 1 is 0.526 bits per heavy atom. The molecule has 0 saturated carbocycles. The molecule has 0 heterocycles. The van der Waals surface area contributed by atoms with E-state index in [4.69, 9.17) is 0 Å². The first-order valence-corrected chi connectivity index (χ1v) is 10.6. The van der Waals surface area contributed by atoms with E-state index in [1.54, 1.807) is 24.6 Å². The number of hydrogen-bond acceptors (Lipinski definition) is 0. The van der Waals surface area contributed by atoms with Gasteiger partial charge in [-0.1, -0.05) is 53.4 Å². The zero-order valence-corrected chi connectivity index (χ0v) is 15.8. The van der Waals surface area contributed by atoms with Crippen LogP contribution in [0.25, 0.3) is 0 Å². The summed E-state index contributed by atoms with van der Waals surface area (Å²) in [5.41, 5.74) is 0. The lowest BCUT2D eigenvalue weighted by molar-refractivity contribution is -0.00000420. The smallest absolute Gasteiger partial charge is 0.187 e. The standard InChI is InChI=1S/C16H36P.Al.BrH.3H/c1-5-9-13-17(14-10-6-2,15-11-7-3)16-12-8-4;;;;;/h5-16H2,1-4H3;;1H;;;/q+1;;;;;/p-1. The summed E-state index contributed by atoms with van der Waals surface area (Å²) in [6.07, 6.45) is 17.9. The van der Waals surface area contributed by atoms with Crippen molar-refractivity contribution in [1.82, 2.24) is 0 Å². The van der Waals surface area contributed by atoms with E-state index in [2.05, 4.69) is 27.7 Å². The molecule has 0 aromatic carbocycles. The van der Waals surface area contributed by atoms with E-state index in [1.807, 2.05) is 0 Å². The highest BCUT2D eigenvalue weighted by atomic mass is 79.9. The van der Waals surface area contributed by atoms with Crippen molar-refractivity contribution in [2.24, 2.45) is 0 Å². The summed E-state index contributed by atoms with van der Waals surface area (Å²) in [5, 5.41) is 0. The third kappa shape index (κ3) is 12.9. The number of halogens is 1. The maximum Gasteiger partial charge on any atom is 0.187 e. The van der Waals surface area contributed by atoms with Crippen LogP contribution in [-0.2, 0) is 0 Å². The largest absolute Gasteiger partial charge is 1.00 e. The molecule has 0 aliphatic carbocycles. The maximum atomic E-state index is 2.36. The fourth-order valence-corrected chi connectivity index (χ4v) is 7.93. The highest BCUT2D eigenvalue weighted by molar-refractivity contribution is 7.75. The van der Waals surface area contributed by atoms with Gasteiger partial charge in [-0.3, -0.25) is 0 Å². The highest BCUT2D eigenvalue weighted by Gasteiger charge is 2.34. The molecule has 0 rings (SSSR count). The lowest BCUT2D eigenvalue weighted by atomic mass is 10.4. The Kier molecular flexibility index (Phi) is 23.4. The van der Waals surface area contributed by atoms with Gasteiger partial charge in [0.25, 0.3) is 0 Å². The van der Waals surface area contributed by atoms with Crippen LogP contribution < -0.4 is 17.0 Å². The van der Waals surface area contributed by atoms with E-state index in [9.17, 15) is 0 Å². The van der Waals surface area contributed by atoms with Crippen molar-refractivity contribution in [1.29, 1.82) is 0 Å². The van der Waals surface area contributed by atoms with Crippen molar-refractivity contribution in [3.8, 4) is 0 Å². The first-order chi connectivity index (χ1) is 8.24.